The molecule has 0 fully saturated rings. The van der Waals surface area contributed by atoms with Gasteiger partial charge in [-0.3, -0.25) is 0 Å². The summed E-state index contributed by atoms with van der Waals surface area (Å²) in [5.41, 5.74) is 1.71. The van der Waals surface area contributed by atoms with Crippen LogP contribution in [0.3, 0.4) is 0 Å². The minimum absolute atomic E-state index is 0.461. The van der Waals surface area contributed by atoms with E-state index >= 15 is 0 Å². The quantitative estimate of drug-likeness (QED) is 0.753. The molecule has 0 unspecified atom stereocenters. The first kappa shape index (κ1) is 14.6. The molecule has 102 valence electrons. The summed E-state index contributed by atoms with van der Waals surface area (Å²) in [7, 11) is 0. The van der Waals surface area contributed by atoms with Gasteiger partial charge in [-0.1, -0.05) is 34.1 Å². The summed E-state index contributed by atoms with van der Waals surface area (Å²) in [6.07, 6.45) is 0. The maximum Gasteiger partial charge on any atom is 0.120 e. The van der Waals surface area contributed by atoms with Crippen LogP contribution >= 0.6 is 15.9 Å². The number of nitriles is 1. The van der Waals surface area contributed by atoms with Crippen LogP contribution in [0.1, 0.15) is 11.1 Å². The highest BCUT2D eigenvalue weighted by atomic mass is 79.9. The van der Waals surface area contributed by atoms with Gasteiger partial charge in [-0.2, -0.15) is 5.26 Å². The van der Waals surface area contributed by atoms with Gasteiger partial charge in [0.25, 0.3) is 0 Å². The minimum atomic E-state index is 0.461. The second-order valence-corrected chi connectivity index (χ2v) is 5.09. The zero-order valence-corrected chi connectivity index (χ0v) is 12.5. The zero-order valence-electron chi connectivity index (χ0n) is 10.9. The maximum absolute atomic E-state index is 8.79. The molecule has 0 aromatic heterocycles. The lowest BCUT2D eigenvalue weighted by molar-refractivity contribution is 0.0889. The van der Waals surface area contributed by atoms with Gasteiger partial charge in [-0.25, -0.2) is 0 Å². The molecular weight excluding hydrogens is 318 g/mol. The summed E-state index contributed by atoms with van der Waals surface area (Å²) in [6.45, 7) is 1.52. The van der Waals surface area contributed by atoms with E-state index in [4.69, 9.17) is 14.7 Å². The molecule has 3 nitrogen and oxygen atoms in total. The van der Waals surface area contributed by atoms with Crippen molar-refractivity contribution in [1.82, 2.24) is 0 Å². The van der Waals surface area contributed by atoms with Crippen LogP contribution in [0.25, 0.3) is 0 Å². The van der Waals surface area contributed by atoms with Crippen molar-refractivity contribution in [3.63, 3.8) is 0 Å². The van der Waals surface area contributed by atoms with Crippen molar-refractivity contribution in [2.45, 2.75) is 6.61 Å². The van der Waals surface area contributed by atoms with Gasteiger partial charge in [0, 0.05) is 4.47 Å². The molecule has 0 saturated heterocycles. The van der Waals surface area contributed by atoms with Crippen LogP contribution in [-0.2, 0) is 11.3 Å². The smallest absolute Gasteiger partial charge is 0.120 e. The lowest BCUT2D eigenvalue weighted by Crippen LogP contribution is -2.06. The van der Waals surface area contributed by atoms with E-state index in [0.29, 0.717) is 31.1 Å². The Labute approximate surface area is 126 Å². The first-order valence-corrected chi connectivity index (χ1v) is 7.02. The van der Waals surface area contributed by atoms with Gasteiger partial charge in [0.15, 0.2) is 0 Å². The Kier molecular flexibility index (Phi) is 5.60. The fourth-order valence-corrected chi connectivity index (χ4v) is 2.14. The monoisotopic (exact) mass is 331 g/mol. The third-order valence-electron chi connectivity index (χ3n) is 2.62. The molecule has 0 amide bonds. The molecule has 0 N–H and O–H groups in total. The second kappa shape index (κ2) is 7.68. The fraction of sp³-hybridized carbons (Fsp3) is 0.188. The number of hydrogen-bond acceptors (Lipinski definition) is 3. The van der Waals surface area contributed by atoms with Crippen molar-refractivity contribution in [3.05, 3.63) is 64.1 Å². The zero-order chi connectivity index (χ0) is 14.2. The SMILES string of the molecule is N#Cc1cccc(OCCOCc2cccc(Br)c2)c1. The lowest BCUT2D eigenvalue weighted by atomic mass is 10.2. The van der Waals surface area contributed by atoms with Crippen molar-refractivity contribution in [2.75, 3.05) is 13.2 Å². The Hall–Kier alpha value is -1.83. The van der Waals surface area contributed by atoms with Crippen molar-refractivity contribution in [3.8, 4) is 11.8 Å². The van der Waals surface area contributed by atoms with E-state index in [2.05, 4.69) is 22.0 Å². The molecule has 0 heterocycles. The average molecular weight is 332 g/mol. The molecule has 0 aliphatic rings. The number of benzene rings is 2. The molecule has 2 rings (SSSR count). The van der Waals surface area contributed by atoms with Gasteiger partial charge in [-0.05, 0) is 35.9 Å². The molecule has 0 bridgehead atoms. The molecular formula is C16H14BrNO2. The van der Waals surface area contributed by atoms with E-state index in [1.54, 1.807) is 18.2 Å². The third-order valence-corrected chi connectivity index (χ3v) is 3.11. The third kappa shape index (κ3) is 4.69. The molecule has 2 aromatic rings. The van der Waals surface area contributed by atoms with Crippen molar-refractivity contribution in [1.29, 1.82) is 5.26 Å². The van der Waals surface area contributed by atoms with E-state index < -0.39 is 0 Å². The molecule has 0 saturated carbocycles. The van der Waals surface area contributed by atoms with E-state index in [9.17, 15) is 0 Å². The highest BCUT2D eigenvalue weighted by Gasteiger charge is 1.97. The fourth-order valence-electron chi connectivity index (χ4n) is 1.69. The summed E-state index contributed by atoms with van der Waals surface area (Å²) >= 11 is 3.42. The van der Waals surface area contributed by atoms with Gasteiger partial charge < -0.3 is 9.47 Å². The average Bonchev–Trinajstić information content (AvgIpc) is 2.47. The number of rotatable bonds is 6. The van der Waals surface area contributed by atoms with Gasteiger partial charge in [0.05, 0.1) is 24.8 Å². The second-order valence-electron chi connectivity index (χ2n) is 4.17. The highest BCUT2D eigenvalue weighted by Crippen LogP contribution is 2.13. The first-order valence-electron chi connectivity index (χ1n) is 6.23. The maximum atomic E-state index is 8.79. The molecule has 0 aliphatic heterocycles. The molecule has 2 aromatic carbocycles. The van der Waals surface area contributed by atoms with Crippen LogP contribution in [-0.4, -0.2) is 13.2 Å². The van der Waals surface area contributed by atoms with Gasteiger partial charge >= 0.3 is 0 Å². The van der Waals surface area contributed by atoms with E-state index in [0.717, 1.165) is 10.0 Å². The Bertz CT molecular complexity index is 607. The molecule has 20 heavy (non-hydrogen) atoms. The molecule has 0 aliphatic carbocycles. The lowest BCUT2D eigenvalue weighted by Gasteiger charge is -2.07. The van der Waals surface area contributed by atoms with Crippen LogP contribution in [0.2, 0.25) is 0 Å². The van der Waals surface area contributed by atoms with Crippen LogP contribution in [0.5, 0.6) is 5.75 Å². The summed E-state index contributed by atoms with van der Waals surface area (Å²) in [5, 5.41) is 8.79. The Morgan fingerprint density at radius 1 is 1.05 bits per heavy atom. The molecule has 0 spiro atoms. The van der Waals surface area contributed by atoms with Crippen molar-refractivity contribution in [2.24, 2.45) is 0 Å². The Balaban J connectivity index is 1.70. The van der Waals surface area contributed by atoms with Crippen molar-refractivity contribution >= 4 is 15.9 Å². The van der Waals surface area contributed by atoms with Crippen LogP contribution in [0.4, 0.5) is 0 Å². The van der Waals surface area contributed by atoms with E-state index in [-0.39, 0.29) is 0 Å². The number of hydrogen-bond donors (Lipinski definition) is 0. The largest absolute Gasteiger partial charge is 0.491 e. The van der Waals surface area contributed by atoms with Crippen LogP contribution in [0, 0.1) is 11.3 Å². The van der Waals surface area contributed by atoms with Crippen LogP contribution < -0.4 is 4.74 Å². The van der Waals surface area contributed by atoms with Gasteiger partial charge in [-0.15, -0.1) is 0 Å². The normalized spacial score (nSPS) is 10.0. The number of halogens is 1. The predicted octanol–water partition coefficient (Wildman–Crippen LogP) is 3.92. The number of nitrogens with zero attached hydrogens (tertiary/aromatic N) is 1. The molecule has 0 atom stereocenters. The van der Waals surface area contributed by atoms with Gasteiger partial charge in [0.2, 0.25) is 0 Å². The Morgan fingerprint density at radius 3 is 2.70 bits per heavy atom. The highest BCUT2D eigenvalue weighted by molar-refractivity contribution is 9.10. The summed E-state index contributed by atoms with van der Waals surface area (Å²) in [4.78, 5) is 0. The standard InChI is InChI=1S/C16H14BrNO2/c17-15-5-1-4-14(9-15)12-19-7-8-20-16-6-2-3-13(10-16)11-18/h1-6,9-10H,7-8,12H2. The van der Waals surface area contributed by atoms with Gasteiger partial charge in [0.1, 0.15) is 12.4 Å². The van der Waals surface area contributed by atoms with E-state index in [1.807, 2.05) is 30.3 Å². The summed E-state index contributed by atoms with van der Waals surface area (Å²) < 4.78 is 12.1. The Morgan fingerprint density at radius 2 is 1.90 bits per heavy atom. The molecule has 4 heteroatoms. The minimum Gasteiger partial charge on any atom is -0.491 e. The summed E-state index contributed by atoms with van der Waals surface area (Å²) in [6, 6.07) is 17.2. The number of ether oxygens (including phenoxy) is 2. The topological polar surface area (TPSA) is 42.2 Å². The van der Waals surface area contributed by atoms with E-state index in [1.165, 1.54) is 0 Å². The summed E-state index contributed by atoms with van der Waals surface area (Å²) in [5.74, 6) is 0.690. The predicted molar refractivity (Wildman–Crippen MR) is 80.5 cm³/mol. The van der Waals surface area contributed by atoms with Crippen molar-refractivity contribution < 1.29 is 9.47 Å². The van der Waals surface area contributed by atoms with Crippen LogP contribution in [0.15, 0.2) is 53.0 Å². The first-order chi connectivity index (χ1) is 9.78. The molecule has 0 radical (unpaired) electrons.